The van der Waals surface area contributed by atoms with Crippen molar-refractivity contribution in [2.75, 3.05) is 13.2 Å². The zero-order valence-electron chi connectivity index (χ0n) is 49.1. The maximum Gasteiger partial charge on any atom is 0.305 e. The van der Waals surface area contributed by atoms with Gasteiger partial charge in [-0.1, -0.05) is 294 Å². The molecule has 3 N–H and O–H groups in total. The number of carbonyl (C=O) groups excluding carboxylic acids is 2. The van der Waals surface area contributed by atoms with Crippen LogP contribution in [0.3, 0.4) is 0 Å². The lowest BCUT2D eigenvalue weighted by molar-refractivity contribution is -0.143. The molecule has 0 aromatic rings. The van der Waals surface area contributed by atoms with Gasteiger partial charge in [0.1, 0.15) is 0 Å². The number of nitrogens with one attached hydrogen (secondary N) is 1. The second kappa shape index (κ2) is 62.6. The summed E-state index contributed by atoms with van der Waals surface area (Å²) in [4.78, 5) is 24.6. The van der Waals surface area contributed by atoms with Crippen molar-refractivity contribution < 1.29 is 24.5 Å². The number of unbranched alkanes of at least 4 members (excludes halogenated alkanes) is 46. The number of rotatable bonds is 61. The third kappa shape index (κ3) is 59.2. The molecule has 2 atom stereocenters. The van der Waals surface area contributed by atoms with Crippen molar-refractivity contribution in [1.82, 2.24) is 5.32 Å². The van der Waals surface area contributed by atoms with Gasteiger partial charge in [-0.25, -0.2) is 0 Å². The highest BCUT2D eigenvalue weighted by Crippen LogP contribution is 2.17. The largest absolute Gasteiger partial charge is 0.466 e. The normalized spacial score (nSPS) is 12.8. The molecule has 0 heterocycles. The fourth-order valence-electron chi connectivity index (χ4n) is 10.1. The lowest BCUT2D eigenvalue weighted by Gasteiger charge is -2.20. The molecule has 73 heavy (non-hydrogen) atoms. The highest BCUT2D eigenvalue weighted by Gasteiger charge is 2.18. The minimum Gasteiger partial charge on any atom is -0.466 e. The summed E-state index contributed by atoms with van der Waals surface area (Å²) in [7, 11) is 0. The Labute approximate surface area is 455 Å². The second-order valence-corrected chi connectivity index (χ2v) is 22.4. The number of aliphatic hydroxyl groups excluding tert-OH is 2. The molecule has 2 unspecified atom stereocenters. The molecule has 0 radical (unpaired) electrons. The molecule has 0 rings (SSSR count). The van der Waals surface area contributed by atoms with E-state index in [4.69, 9.17) is 4.74 Å². The molecule has 0 spiro atoms. The first kappa shape index (κ1) is 71.1. The van der Waals surface area contributed by atoms with Gasteiger partial charge < -0.3 is 20.3 Å². The molecule has 430 valence electrons. The van der Waals surface area contributed by atoms with Gasteiger partial charge >= 0.3 is 5.97 Å². The lowest BCUT2D eigenvalue weighted by Crippen LogP contribution is -2.45. The van der Waals surface area contributed by atoms with Gasteiger partial charge in [0.2, 0.25) is 5.91 Å². The van der Waals surface area contributed by atoms with Crippen molar-refractivity contribution in [2.45, 2.75) is 366 Å². The van der Waals surface area contributed by atoms with Gasteiger partial charge in [0.05, 0.1) is 25.4 Å². The highest BCUT2D eigenvalue weighted by atomic mass is 16.5. The van der Waals surface area contributed by atoms with Crippen molar-refractivity contribution in [3.8, 4) is 0 Å². The van der Waals surface area contributed by atoms with Gasteiger partial charge in [0.25, 0.3) is 0 Å². The highest BCUT2D eigenvalue weighted by molar-refractivity contribution is 5.76. The van der Waals surface area contributed by atoms with E-state index in [0.29, 0.717) is 19.4 Å². The van der Waals surface area contributed by atoms with Gasteiger partial charge in [0.15, 0.2) is 0 Å². The van der Waals surface area contributed by atoms with Gasteiger partial charge in [0, 0.05) is 12.8 Å². The molecular weight excluding hydrogens is 899 g/mol. The monoisotopic (exact) mass is 1030 g/mol. The van der Waals surface area contributed by atoms with Crippen LogP contribution in [-0.4, -0.2) is 47.4 Å². The van der Waals surface area contributed by atoms with Gasteiger partial charge in [-0.15, -0.1) is 0 Å². The Balaban J connectivity index is 3.49. The molecule has 0 aliphatic rings. The molecule has 1 amide bonds. The van der Waals surface area contributed by atoms with Gasteiger partial charge in [-0.3, -0.25) is 9.59 Å². The summed E-state index contributed by atoms with van der Waals surface area (Å²) < 4.78 is 5.47. The van der Waals surface area contributed by atoms with Crippen LogP contribution >= 0.6 is 0 Å². The molecule has 0 aromatic carbocycles. The van der Waals surface area contributed by atoms with Crippen molar-refractivity contribution in [2.24, 2.45) is 0 Å². The zero-order chi connectivity index (χ0) is 52.9. The number of ether oxygens (including phenoxy) is 1. The van der Waals surface area contributed by atoms with Crippen LogP contribution in [0.2, 0.25) is 0 Å². The Morgan fingerprint density at radius 1 is 0.370 bits per heavy atom. The molecule has 0 fully saturated rings. The first-order valence-corrected chi connectivity index (χ1v) is 32.8. The van der Waals surface area contributed by atoms with Crippen LogP contribution < -0.4 is 5.32 Å². The summed E-state index contributed by atoms with van der Waals surface area (Å²) in [5, 5.41) is 23.2. The van der Waals surface area contributed by atoms with Crippen LogP contribution in [0.25, 0.3) is 0 Å². The molecular formula is C67H127NO5. The molecule has 0 aliphatic carbocycles. The topological polar surface area (TPSA) is 95.9 Å². The first-order chi connectivity index (χ1) is 36.0. The van der Waals surface area contributed by atoms with Crippen LogP contribution in [0.15, 0.2) is 36.5 Å². The quantitative estimate of drug-likeness (QED) is 0.0320. The number of hydrogen-bond acceptors (Lipinski definition) is 5. The van der Waals surface area contributed by atoms with Gasteiger partial charge in [-0.2, -0.15) is 0 Å². The predicted octanol–water partition coefficient (Wildman–Crippen LogP) is 20.8. The van der Waals surface area contributed by atoms with E-state index in [2.05, 4.69) is 43.5 Å². The fourth-order valence-corrected chi connectivity index (χ4v) is 10.1. The van der Waals surface area contributed by atoms with Crippen molar-refractivity contribution in [1.29, 1.82) is 0 Å². The summed E-state index contributed by atoms with van der Waals surface area (Å²) in [6.07, 6.45) is 79.1. The Morgan fingerprint density at radius 2 is 0.644 bits per heavy atom. The number of allylic oxidation sites excluding steroid dienone is 5. The number of esters is 1. The Morgan fingerprint density at radius 3 is 0.973 bits per heavy atom. The van der Waals surface area contributed by atoms with Crippen LogP contribution in [-0.2, 0) is 14.3 Å². The van der Waals surface area contributed by atoms with E-state index in [1.54, 1.807) is 6.08 Å². The van der Waals surface area contributed by atoms with Crippen LogP contribution in [0.5, 0.6) is 0 Å². The maximum atomic E-state index is 12.5. The standard InChI is InChI=1S/C67H127NO5/c1-3-5-7-9-11-13-15-17-19-21-22-23-24-25-26-27-28-29-31-35-39-43-47-51-55-59-65(70)64(63-69)68-66(71)60-56-52-48-44-40-36-32-30-34-38-42-46-50-54-58-62-73-67(72)61-57-53-49-45-41-37-33-20-18-16-14-12-10-8-6-4-2/h20,33-34,38,55,59,64-65,69-70H,3-19,21-32,35-37,39-54,56-58,60-63H2,1-2H3,(H,68,71)/b33-20-,38-34-,59-55+. The summed E-state index contributed by atoms with van der Waals surface area (Å²) in [5.74, 6) is -0.0982. The number of aliphatic hydroxyl groups is 2. The smallest absolute Gasteiger partial charge is 0.305 e. The van der Waals surface area contributed by atoms with Crippen LogP contribution in [0.1, 0.15) is 354 Å². The molecule has 0 aromatic heterocycles. The average Bonchev–Trinajstić information content (AvgIpc) is 3.39. The summed E-state index contributed by atoms with van der Waals surface area (Å²) in [6, 6.07) is -0.641. The summed E-state index contributed by atoms with van der Waals surface area (Å²) in [6.45, 7) is 4.89. The number of hydrogen-bond donors (Lipinski definition) is 3. The average molecular weight is 1030 g/mol. The molecule has 0 aliphatic heterocycles. The van der Waals surface area contributed by atoms with Crippen LogP contribution in [0, 0.1) is 0 Å². The second-order valence-electron chi connectivity index (χ2n) is 22.4. The Hall–Kier alpha value is -1.92. The van der Waals surface area contributed by atoms with Crippen LogP contribution in [0.4, 0.5) is 0 Å². The predicted molar refractivity (Wildman–Crippen MR) is 319 cm³/mol. The lowest BCUT2D eigenvalue weighted by atomic mass is 10.0. The molecule has 0 bridgehead atoms. The fraction of sp³-hybridized carbons (Fsp3) is 0.881. The van der Waals surface area contributed by atoms with E-state index in [1.807, 2.05) is 6.08 Å². The first-order valence-electron chi connectivity index (χ1n) is 32.8. The minimum absolute atomic E-state index is 0.0180. The third-order valence-electron chi connectivity index (χ3n) is 15.1. The Bertz CT molecular complexity index is 1180. The van der Waals surface area contributed by atoms with Crippen molar-refractivity contribution in [3.05, 3.63) is 36.5 Å². The molecule has 6 nitrogen and oxygen atoms in total. The van der Waals surface area contributed by atoms with E-state index in [1.165, 1.54) is 257 Å². The van der Waals surface area contributed by atoms with Crippen molar-refractivity contribution in [3.63, 3.8) is 0 Å². The van der Waals surface area contributed by atoms with E-state index >= 15 is 0 Å². The SMILES string of the molecule is CCCCCCCCC/C=C\CCCCCCCC(=O)OCCCCCC/C=C\CCCCCCCCCC(=O)NC(CO)C(O)/C=C/CCCCCCCCCCCCCCCCCCCCCCCCC. The summed E-state index contributed by atoms with van der Waals surface area (Å²) in [5.41, 5.74) is 0. The number of carbonyl (C=O) groups is 2. The van der Waals surface area contributed by atoms with E-state index in [-0.39, 0.29) is 18.5 Å². The summed E-state index contributed by atoms with van der Waals surface area (Å²) >= 11 is 0. The van der Waals surface area contributed by atoms with Crippen molar-refractivity contribution >= 4 is 11.9 Å². The van der Waals surface area contributed by atoms with E-state index in [9.17, 15) is 19.8 Å². The van der Waals surface area contributed by atoms with E-state index < -0.39 is 12.1 Å². The maximum absolute atomic E-state index is 12.5. The molecule has 0 saturated carbocycles. The molecule has 6 heteroatoms. The Kier molecular flexibility index (Phi) is 61.0. The third-order valence-corrected chi connectivity index (χ3v) is 15.1. The zero-order valence-corrected chi connectivity index (χ0v) is 49.1. The number of amides is 1. The minimum atomic E-state index is -0.857. The van der Waals surface area contributed by atoms with E-state index in [0.717, 1.165) is 70.6 Å². The molecule has 0 saturated heterocycles. The van der Waals surface area contributed by atoms with Gasteiger partial charge in [-0.05, 0) is 83.5 Å².